The SMILES string of the molecule is CC1CN(S(=O)(=O)Cc2ccc(N)cc2)C(C)CO1. The van der Waals surface area contributed by atoms with E-state index in [-0.39, 0.29) is 17.9 Å². The van der Waals surface area contributed by atoms with Gasteiger partial charge in [-0.05, 0) is 31.5 Å². The van der Waals surface area contributed by atoms with Crippen LogP contribution in [0, 0.1) is 0 Å². The molecule has 0 spiro atoms. The van der Waals surface area contributed by atoms with Crippen LogP contribution in [0.15, 0.2) is 24.3 Å². The highest BCUT2D eigenvalue weighted by Crippen LogP contribution is 2.19. The van der Waals surface area contributed by atoms with Crippen LogP contribution in [-0.4, -0.2) is 38.0 Å². The molecule has 2 rings (SSSR count). The predicted octanol–water partition coefficient (Wildman–Crippen LogP) is 1.21. The van der Waals surface area contributed by atoms with Crippen LogP contribution in [0.2, 0.25) is 0 Å². The smallest absolute Gasteiger partial charge is 0.218 e. The van der Waals surface area contributed by atoms with Crippen LogP contribution in [0.4, 0.5) is 5.69 Å². The largest absolute Gasteiger partial charge is 0.399 e. The Balaban J connectivity index is 2.15. The molecule has 2 unspecified atom stereocenters. The summed E-state index contributed by atoms with van der Waals surface area (Å²) in [6.45, 7) is 4.62. The first kappa shape index (κ1) is 14.3. The first-order chi connectivity index (χ1) is 8.88. The molecule has 1 aromatic carbocycles. The highest BCUT2D eigenvalue weighted by molar-refractivity contribution is 7.88. The molecule has 0 bridgehead atoms. The van der Waals surface area contributed by atoms with Crippen LogP contribution in [0.3, 0.4) is 0 Å². The zero-order valence-corrected chi connectivity index (χ0v) is 12.1. The van der Waals surface area contributed by atoms with Crippen molar-refractivity contribution in [3.05, 3.63) is 29.8 Å². The van der Waals surface area contributed by atoms with Gasteiger partial charge in [0.15, 0.2) is 0 Å². The van der Waals surface area contributed by atoms with E-state index in [1.165, 1.54) is 4.31 Å². The van der Waals surface area contributed by atoms with Gasteiger partial charge in [-0.3, -0.25) is 0 Å². The average molecular weight is 284 g/mol. The highest BCUT2D eigenvalue weighted by Gasteiger charge is 2.32. The van der Waals surface area contributed by atoms with Gasteiger partial charge in [0.2, 0.25) is 10.0 Å². The summed E-state index contributed by atoms with van der Waals surface area (Å²) in [7, 11) is -3.32. The van der Waals surface area contributed by atoms with E-state index in [0.717, 1.165) is 5.56 Å². The lowest BCUT2D eigenvalue weighted by Crippen LogP contribution is -2.50. The minimum atomic E-state index is -3.32. The van der Waals surface area contributed by atoms with Crippen molar-refractivity contribution in [2.24, 2.45) is 0 Å². The van der Waals surface area contributed by atoms with Crippen LogP contribution in [-0.2, 0) is 20.5 Å². The Labute approximate surface area is 114 Å². The van der Waals surface area contributed by atoms with Gasteiger partial charge in [0.05, 0.1) is 18.5 Å². The number of hydrogen-bond donors (Lipinski definition) is 1. The van der Waals surface area contributed by atoms with Gasteiger partial charge in [0.1, 0.15) is 0 Å². The Morgan fingerprint density at radius 2 is 1.95 bits per heavy atom. The van der Waals surface area contributed by atoms with Crippen LogP contribution < -0.4 is 5.73 Å². The summed E-state index contributed by atoms with van der Waals surface area (Å²) < 4.78 is 31.9. The maximum absolute atomic E-state index is 12.4. The van der Waals surface area contributed by atoms with Gasteiger partial charge < -0.3 is 10.5 Å². The van der Waals surface area contributed by atoms with Gasteiger partial charge in [0, 0.05) is 18.3 Å². The molecular formula is C13H20N2O3S. The molecule has 106 valence electrons. The molecule has 1 saturated heterocycles. The van der Waals surface area contributed by atoms with Crippen molar-refractivity contribution >= 4 is 15.7 Å². The number of rotatable bonds is 3. The molecule has 1 aliphatic rings. The molecule has 0 aromatic heterocycles. The fraction of sp³-hybridized carbons (Fsp3) is 0.538. The number of ether oxygens (including phenoxy) is 1. The molecular weight excluding hydrogens is 264 g/mol. The van der Waals surface area contributed by atoms with Crippen LogP contribution in [0.1, 0.15) is 19.4 Å². The molecule has 2 N–H and O–H groups in total. The fourth-order valence-corrected chi connectivity index (χ4v) is 3.99. The number of nitrogen functional groups attached to an aromatic ring is 1. The molecule has 2 atom stereocenters. The molecule has 19 heavy (non-hydrogen) atoms. The van der Waals surface area contributed by atoms with Crippen molar-refractivity contribution in [3.8, 4) is 0 Å². The number of sulfonamides is 1. The predicted molar refractivity (Wildman–Crippen MR) is 75.1 cm³/mol. The third-order valence-corrected chi connectivity index (χ3v) is 5.16. The minimum absolute atomic E-state index is 0.00431. The van der Waals surface area contributed by atoms with Gasteiger partial charge in [-0.25, -0.2) is 8.42 Å². The Kier molecular flexibility index (Phi) is 4.13. The number of nitrogens with two attached hydrogens (primary N) is 1. The summed E-state index contributed by atoms with van der Waals surface area (Å²) in [5.74, 6) is 0.00431. The van der Waals surface area contributed by atoms with Crippen LogP contribution >= 0.6 is 0 Å². The van der Waals surface area contributed by atoms with Gasteiger partial charge >= 0.3 is 0 Å². The highest BCUT2D eigenvalue weighted by atomic mass is 32.2. The summed E-state index contributed by atoms with van der Waals surface area (Å²) in [5, 5.41) is 0. The maximum atomic E-state index is 12.4. The molecule has 6 heteroatoms. The van der Waals surface area contributed by atoms with Gasteiger partial charge in [-0.2, -0.15) is 4.31 Å². The molecule has 0 amide bonds. The Bertz CT molecular complexity index is 527. The van der Waals surface area contributed by atoms with E-state index in [4.69, 9.17) is 10.5 Å². The van der Waals surface area contributed by atoms with Crippen molar-refractivity contribution in [2.75, 3.05) is 18.9 Å². The van der Waals surface area contributed by atoms with E-state index >= 15 is 0 Å². The average Bonchev–Trinajstić information content (AvgIpc) is 2.35. The monoisotopic (exact) mass is 284 g/mol. The molecule has 1 aliphatic heterocycles. The molecule has 0 aliphatic carbocycles. The van der Waals surface area contributed by atoms with E-state index in [1.54, 1.807) is 24.3 Å². The summed E-state index contributed by atoms with van der Waals surface area (Å²) >= 11 is 0. The second-order valence-corrected chi connectivity index (χ2v) is 6.98. The third kappa shape index (κ3) is 3.46. The number of anilines is 1. The van der Waals surface area contributed by atoms with Crippen LogP contribution in [0.5, 0.6) is 0 Å². The van der Waals surface area contributed by atoms with Crippen molar-refractivity contribution < 1.29 is 13.2 Å². The second kappa shape index (κ2) is 5.48. The lowest BCUT2D eigenvalue weighted by molar-refractivity contribution is -0.0171. The summed E-state index contributed by atoms with van der Waals surface area (Å²) in [6, 6.07) is 6.82. The van der Waals surface area contributed by atoms with E-state index in [9.17, 15) is 8.42 Å². The Morgan fingerprint density at radius 1 is 1.32 bits per heavy atom. The van der Waals surface area contributed by atoms with Gasteiger partial charge in [0.25, 0.3) is 0 Å². The van der Waals surface area contributed by atoms with E-state index in [0.29, 0.717) is 18.8 Å². The first-order valence-corrected chi connectivity index (χ1v) is 7.95. The normalized spacial score (nSPS) is 25.4. The molecule has 5 nitrogen and oxygen atoms in total. The molecule has 1 fully saturated rings. The number of hydrogen-bond acceptors (Lipinski definition) is 4. The topological polar surface area (TPSA) is 72.6 Å². The quantitative estimate of drug-likeness (QED) is 0.847. The van der Waals surface area contributed by atoms with Gasteiger partial charge in [-0.15, -0.1) is 0 Å². The summed E-state index contributed by atoms with van der Waals surface area (Å²) in [6.07, 6.45) is -0.0580. The van der Waals surface area contributed by atoms with Crippen molar-refractivity contribution in [2.45, 2.75) is 31.7 Å². The Morgan fingerprint density at radius 3 is 2.58 bits per heavy atom. The van der Waals surface area contributed by atoms with E-state index < -0.39 is 10.0 Å². The molecule has 1 aromatic rings. The molecule has 0 radical (unpaired) electrons. The van der Waals surface area contributed by atoms with Crippen molar-refractivity contribution in [3.63, 3.8) is 0 Å². The standard InChI is InChI=1S/C13H20N2O3S/c1-10-8-18-11(2)7-15(10)19(16,17)9-12-3-5-13(14)6-4-12/h3-6,10-11H,7-9,14H2,1-2H3. The maximum Gasteiger partial charge on any atom is 0.218 e. The number of morpholine rings is 1. The van der Waals surface area contributed by atoms with E-state index in [1.807, 2.05) is 13.8 Å². The fourth-order valence-electron chi connectivity index (χ4n) is 2.17. The number of benzene rings is 1. The van der Waals surface area contributed by atoms with Crippen molar-refractivity contribution in [1.82, 2.24) is 4.31 Å². The third-order valence-electron chi connectivity index (χ3n) is 3.24. The zero-order chi connectivity index (χ0) is 14.0. The first-order valence-electron chi connectivity index (χ1n) is 6.34. The summed E-state index contributed by atoms with van der Waals surface area (Å²) in [5.41, 5.74) is 6.98. The lowest BCUT2D eigenvalue weighted by Gasteiger charge is -2.35. The zero-order valence-electron chi connectivity index (χ0n) is 11.2. The van der Waals surface area contributed by atoms with Crippen LogP contribution in [0.25, 0.3) is 0 Å². The van der Waals surface area contributed by atoms with Crippen molar-refractivity contribution in [1.29, 1.82) is 0 Å². The minimum Gasteiger partial charge on any atom is -0.399 e. The number of nitrogens with zero attached hydrogens (tertiary/aromatic N) is 1. The lowest BCUT2D eigenvalue weighted by atomic mass is 10.2. The van der Waals surface area contributed by atoms with E-state index in [2.05, 4.69) is 0 Å². The summed E-state index contributed by atoms with van der Waals surface area (Å²) in [4.78, 5) is 0. The molecule has 1 heterocycles. The Hall–Kier alpha value is -1.11. The second-order valence-electron chi connectivity index (χ2n) is 5.06. The molecule has 0 saturated carbocycles. The van der Waals surface area contributed by atoms with Gasteiger partial charge in [-0.1, -0.05) is 12.1 Å².